The first-order valence-corrected chi connectivity index (χ1v) is 11.8. The van der Waals surface area contributed by atoms with Crippen LogP contribution >= 0.6 is 15.9 Å². The van der Waals surface area contributed by atoms with Crippen molar-refractivity contribution in [3.05, 3.63) is 81.3 Å². The van der Waals surface area contributed by atoms with E-state index in [4.69, 9.17) is 18.9 Å². The Bertz CT molecular complexity index is 1100. The largest absolute Gasteiger partial charge is 0.493 e. The van der Waals surface area contributed by atoms with Gasteiger partial charge >= 0.3 is 0 Å². The molecule has 1 unspecified atom stereocenters. The Morgan fingerprint density at radius 3 is 2.33 bits per heavy atom. The molecule has 6 heteroatoms. The number of rotatable bonds is 8. The van der Waals surface area contributed by atoms with Crippen LogP contribution in [0.25, 0.3) is 0 Å². The highest BCUT2D eigenvalue weighted by Gasteiger charge is 2.28. The topological polar surface area (TPSA) is 40.2 Å². The summed E-state index contributed by atoms with van der Waals surface area (Å²) in [6, 6.07) is 18.9. The SMILES string of the molecule is COc1cc2c(cc1OCc1ccccc1)C(Cc1cc(Br)c(OC)c(OC)c1)N(C)CC2. The standard InChI is InChI=1S/C27H30BrNO4/c1-29-11-10-20-15-24(30-2)25(33-17-18-8-6-5-7-9-18)16-21(20)23(29)13-19-12-22(28)27(32-4)26(14-19)31-3/h5-9,12,14-16,23H,10-11,13,17H2,1-4H3. The molecule has 0 N–H and O–H groups in total. The Kier molecular flexibility index (Phi) is 7.46. The van der Waals surface area contributed by atoms with Gasteiger partial charge in [-0.25, -0.2) is 0 Å². The van der Waals surface area contributed by atoms with Gasteiger partial charge in [-0.2, -0.15) is 0 Å². The summed E-state index contributed by atoms with van der Waals surface area (Å²) in [6.45, 7) is 1.48. The smallest absolute Gasteiger partial charge is 0.174 e. The van der Waals surface area contributed by atoms with Crippen molar-refractivity contribution in [3.8, 4) is 23.0 Å². The second kappa shape index (κ2) is 10.5. The minimum absolute atomic E-state index is 0.212. The lowest BCUT2D eigenvalue weighted by Crippen LogP contribution is -2.33. The Morgan fingerprint density at radius 1 is 0.879 bits per heavy atom. The highest BCUT2D eigenvalue weighted by atomic mass is 79.9. The predicted octanol–water partition coefficient (Wildman–Crippen LogP) is 5.83. The second-order valence-corrected chi connectivity index (χ2v) is 9.09. The van der Waals surface area contributed by atoms with E-state index in [1.807, 2.05) is 18.2 Å². The van der Waals surface area contributed by atoms with Gasteiger partial charge in [0.05, 0.1) is 25.8 Å². The van der Waals surface area contributed by atoms with E-state index in [9.17, 15) is 0 Å². The molecule has 0 aliphatic carbocycles. The summed E-state index contributed by atoms with van der Waals surface area (Å²) >= 11 is 3.63. The first-order chi connectivity index (χ1) is 16.0. The lowest BCUT2D eigenvalue weighted by molar-refractivity contribution is 0.226. The van der Waals surface area contributed by atoms with Crippen LogP contribution in [0.4, 0.5) is 0 Å². The van der Waals surface area contributed by atoms with Gasteiger partial charge in [-0.05, 0) is 82.3 Å². The van der Waals surface area contributed by atoms with Crippen molar-refractivity contribution in [2.75, 3.05) is 34.9 Å². The summed E-state index contributed by atoms with van der Waals surface area (Å²) in [5.74, 6) is 2.98. The molecule has 1 aliphatic heterocycles. The van der Waals surface area contributed by atoms with E-state index < -0.39 is 0 Å². The number of fused-ring (bicyclic) bond motifs is 1. The first kappa shape index (κ1) is 23.5. The molecular formula is C27H30BrNO4. The fraction of sp³-hybridized carbons (Fsp3) is 0.333. The van der Waals surface area contributed by atoms with Gasteiger partial charge < -0.3 is 18.9 Å². The number of likely N-dealkylation sites (N-methyl/N-ethyl adjacent to an activating group) is 1. The Balaban J connectivity index is 1.66. The van der Waals surface area contributed by atoms with Crippen LogP contribution in [0.2, 0.25) is 0 Å². The van der Waals surface area contributed by atoms with E-state index in [2.05, 4.69) is 64.3 Å². The molecule has 0 radical (unpaired) electrons. The van der Waals surface area contributed by atoms with E-state index in [1.54, 1.807) is 21.3 Å². The fourth-order valence-corrected chi connectivity index (χ4v) is 5.07. The lowest BCUT2D eigenvalue weighted by Gasteiger charge is -2.35. The number of hydrogen-bond donors (Lipinski definition) is 0. The summed E-state index contributed by atoms with van der Waals surface area (Å²) in [5, 5.41) is 0. The van der Waals surface area contributed by atoms with Gasteiger partial charge in [0.15, 0.2) is 23.0 Å². The molecule has 0 amide bonds. The normalized spacial score (nSPS) is 15.6. The number of halogens is 1. The van der Waals surface area contributed by atoms with Crippen LogP contribution in [-0.2, 0) is 19.4 Å². The Hall–Kier alpha value is -2.70. The zero-order valence-electron chi connectivity index (χ0n) is 19.6. The Morgan fingerprint density at radius 2 is 1.64 bits per heavy atom. The zero-order chi connectivity index (χ0) is 23.4. The molecule has 174 valence electrons. The van der Waals surface area contributed by atoms with E-state index in [-0.39, 0.29) is 6.04 Å². The van der Waals surface area contributed by atoms with Crippen LogP contribution in [0.3, 0.4) is 0 Å². The highest BCUT2D eigenvalue weighted by molar-refractivity contribution is 9.10. The van der Waals surface area contributed by atoms with Crippen molar-refractivity contribution in [2.24, 2.45) is 0 Å². The van der Waals surface area contributed by atoms with Crippen LogP contribution in [-0.4, -0.2) is 39.8 Å². The average molecular weight is 512 g/mol. The molecule has 0 bridgehead atoms. The monoisotopic (exact) mass is 511 g/mol. The van der Waals surface area contributed by atoms with Gasteiger partial charge in [-0.15, -0.1) is 0 Å². The van der Waals surface area contributed by atoms with E-state index in [0.717, 1.165) is 46.7 Å². The molecular weight excluding hydrogens is 482 g/mol. The fourth-order valence-electron chi connectivity index (χ4n) is 4.42. The van der Waals surface area contributed by atoms with Crippen molar-refractivity contribution >= 4 is 15.9 Å². The number of ether oxygens (including phenoxy) is 4. The number of hydrogen-bond acceptors (Lipinski definition) is 5. The molecule has 0 aromatic heterocycles. The third-order valence-corrected chi connectivity index (χ3v) is 6.80. The Labute approximate surface area is 204 Å². The maximum absolute atomic E-state index is 6.21. The zero-order valence-corrected chi connectivity index (χ0v) is 21.1. The van der Waals surface area contributed by atoms with Crippen molar-refractivity contribution in [1.82, 2.24) is 4.90 Å². The second-order valence-electron chi connectivity index (χ2n) is 8.24. The van der Waals surface area contributed by atoms with Gasteiger partial charge in [0.25, 0.3) is 0 Å². The maximum Gasteiger partial charge on any atom is 0.174 e. The van der Waals surface area contributed by atoms with Crippen LogP contribution < -0.4 is 18.9 Å². The summed E-state index contributed by atoms with van der Waals surface area (Å²) < 4.78 is 23.8. The molecule has 5 nitrogen and oxygen atoms in total. The molecule has 0 saturated carbocycles. The quantitative estimate of drug-likeness (QED) is 0.380. The molecule has 33 heavy (non-hydrogen) atoms. The molecule has 4 rings (SSSR count). The first-order valence-electron chi connectivity index (χ1n) is 11.0. The van der Waals surface area contributed by atoms with Crippen LogP contribution in [0, 0.1) is 0 Å². The van der Waals surface area contributed by atoms with Gasteiger partial charge in [0.1, 0.15) is 6.61 Å². The van der Waals surface area contributed by atoms with Crippen molar-refractivity contribution in [2.45, 2.75) is 25.5 Å². The van der Waals surface area contributed by atoms with Gasteiger partial charge in [-0.3, -0.25) is 4.90 Å². The van der Waals surface area contributed by atoms with Crippen molar-refractivity contribution in [3.63, 3.8) is 0 Å². The predicted molar refractivity (Wildman–Crippen MR) is 134 cm³/mol. The molecule has 1 aliphatic rings. The van der Waals surface area contributed by atoms with Crippen molar-refractivity contribution in [1.29, 1.82) is 0 Å². The van der Waals surface area contributed by atoms with Gasteiger partial charge in [0, 0.05) is 12.6 Å². The number of nitrogens with zero attached hydrogens (tertiary/aromatic N) is 1. The minimum atomic E-state index is 0.212. The average Bonchev–Trinajstić information content (AvgIpc) is 2.84. The maximum atomic E-state index is 6.21. The molecule has 0 fully saturated rings. The summed E-state index contributed by atoms with van der Waals surface area (Å²) in [7, 11) is 7.19. The van der Waals surface area contributed by atoms with E-state index in [1.165, 1.54) is 16.7 Å². The third-order valence-electron chi connectivity index (χ3n) is 6.21. The lowest BCUT2D eigenvalue weighted by atomic mass is 9.88. The van der Waals surface area contributed by atoms with Crippen LogP contribution in [0.5, 0.6) is 23.0 Å². The third kappa shape index (κ3) is 5.12. The molecule has 0 saturated heterocycles. The van der Waals surface area contributed by atoms with Gasteiger partial charge in [0.2, 0.25) is 0 Å². The highest BCUT2D eigenvalue weighted by Crippen LogP contribution is 2.41. The summed E-state index contributed by atoms with van der Waals surface area (Å²) in [5.41, 5.74) is 4.88. The minimum Gasteiger partial charge on any atom is -0.493 e. The van der Waals surface area contributed by atoms with E-state index in [0.29, 0.717) is 12.4 Å². The van der Waals surface area contributed by atoms with Crippen LogP contribution in [0.1, 0.15) is 28.3 Å². The van der Waals surface area contributed by atoms with E-state index >= 15 is 0 Å². The molecule has 1 heterocycles. The molecule has 0 spiro atoms. The number of benzene rings is 3. The van der Waals surface area contributed by atoms with Crippen molar-refractivity contribution < 1.29 is 18.9 Å². The molecule has 3 aromatic rings. The molecule has 3 aromatic carbocycles. The molecule has 1 atom stereocenters. The summed E-state index contributed by atoms with van der Waals surface area (Å²) in [4.78, 5) is 2.40. The number of methoxy groups -OCH3 is 3. The summed E-state index contributed by atoms with van der Waals surface area (Å²) in [6.07, 6.45) is 1.82. The van der Waals surface area contributed by atoms with Crippen LogP contribution in [0.15, 0.2) is 59.1 Å². The van der Waals surface area contributed by atoms with Gasteiger partial charge in [-0.1, -0.05) is 30.3 Å².